The van der Waals surface area contributed by atoms with Crippen LogP contribution in [0.4, 0.5) is 5.69 Å². The molecule has 1 amide bonds. The summed E-state index contributed by atoms with van der Waals surface area (Å²) in [5, 5.41) is 0.437. The maximum absolute atomic E-state index is 13.7. The lowest BCUT2D eigenvalue weighted by Gasteiger charge is -2.21. The minimum absolute atomic E-state index is 0.0599. The third-order valence-electron chi connectivity index (χ3n) is 7.02. The number of aryl methyl sites for hydroxylation is 1. The van der Waals surface area contributed by atoms with Gasteiger partial charge in [-0.05, 0) is 68.0 Å². The van der Waals surface area contributed by atoms with Crippen molar-refractivity contribution in [2.45, 2.75) is 31.8 Å². The van der Waals surface area contributed by atoms with E-state index >= 15 is 0 Å². The van der Waals surface area contributed by atoms with Crippen molar-refractivity contribution in [1.82, 2.24) is 4.31 Å². The molecule has 1 aliphatic heterocycles. The topological polar surface area (TPSA) is 97.1 Å². The predicted molar refractivity (Wildman–Crippen MR) is 164 cm³/mol. The maximum atomic E-state index is 13.7. The van der Waals surface area contributed by atoms with Gasteiger partial charge in [-0.1, -0.05) is 65.7 Å². The SMILES string of the molecule is COC(=O)C1=C(C)N(c2cccc(Cl)c2)C(=O)/C1=C/c1ccc(CN(Cc2ccccc2)S(=O)(=O)c2ccc(C)cc2)o1. The van der Waals surface area contributed by atoms with Gasteiger partial charge >= 0.3 is 5.97 Å². The van der Waals surface area contributed by atoms with Crippen molar-refractivity contribution in [3.63, 3.8) is 0 Å². The summed E-state index contributed by atoms with van der Waals surface area (Å²) in [6.45, 7) is 3.60. The van der Waals surface area contributed by atoms with Gasteiger partial charge in [0.15, 0.2) is 0 Å². The van der Waals surface area contributed by atoms with Crippen LogP contribution in [0.3, 0.4) is 0 Å². The standard InChI is InChI=1S/C33H29ClN2O6S/c1-22-12-16-29(17-13-22)43(39,40)35(20-24-8-5-4-6-9-24)21-28-15-14-27(42-28)19-30-31(33(38)41-3)23(2)36(32(30)37)26-11-7-10-25(34)18-26/h4-19H,20-21H2,1-3H3/b30-19+. The Morgan fingerprint density at radius 1 is 0.953 bits per heavy atom. The number of nitrogens with zero attached hydrogens (tertiary/aromatic N) is 2. The Kier molecular flexibility index (Phi) is 8.68. The van der Waals surface area contributed by atoms with Crippen LogP contribution >= 0.6 is 11.6 Å². The number of amides is 1. The molecule has 3 aromatic carbocycles. The van der Waals surface area contributed by atoms with Crippen LogP contribution in [0, 0.1) is 6.92 Å². The van der Waals surface area contributed by atoms with Gasteiger partial charge in [-0.15, -0.1) is 0 Å². The molecule has 0 atom stereocenters. The average Bonchev–Trinajstić information content (AvgIpc) is 3.53. The number of sulfonamides is 1. The summed E-state index contributed by atoms with van der Waals surface area (Å²) in [6.07, 6.45) is 1.46. The van der Waals surface area contributed by atoms with E-state index in [0.29, 0.717) is 22.2 Å². The molecule has 1 aliphatic rings. The first-order valence-electron chi connectivity index (χ1n) is 13.4. The van der Waals surface area contributed by atoms with E-state index in [-0.39, 0.29) is 34.9 Å². The molecular weight excluding hydrogens is 588 g/mol. The number of ether oxygens (including phenoxy) is 1. The largest absolute Gasteiger partial charge is 0.465 e. The molecule has 2 heterocycles. The molecule has 10 heteroatoms. The Hall–Kier alpha value is -4.44. The number of halogens is 1. The van der Waals surface area contributed by atoms with Crippen molar-refractivity contribution >= 4 is 45.3 Å². The first-order valence-corrected chi connectivity index (χ1v) is 15.2. The Bertz CT molecular complexity index is 1840. The fourth-order valence-electron chi connectivity index (χ4n) is 4.85. The number of anilines is 1. The van der Waals surface area contributed by atoms with Gasteiger partial charge in [0.05, 0.1) is 35.4 Å². The molecule has 0 fully saturated rings. The fourth-order valence-corrected chi connectivity index (χ4v) is 6.43. The number of furan rings is 1. The summed E-state index contributed by atoms with van der Waals surface area (Å²) in [5.74, 6) is -0.499. The molecule has 4 aromatic rings. The number of benzene rings is 3. The van der Waals surface area contributed by atoms with E-state index in [1.807, 2.05) is 37.3 Å². The molecule has 8 nitrogen and oxygen atoms in total. The maximum Gasteiger partial charge on any atom is 0.340 e. The minimum atomic E-state index is -3.89. The summed E-state index contributed by atoms with van der Waals surface area (Å²) >= 11 is 6.16. The highest BCUT2D eigenvalue weighted by atomic mass is 35.5. The Balaban J connectivity index is 1.48. The van der Waals surface area contributed by atoms with Crippen LogP contribution in [-0.4, -0.2) is 31.7 Å². The monoisotopic (exact) mass is 616 g/mol. The highest BCUT2D eigenvalue weighted by Crippen LogP contribution is 2.36. The molecule has 43 heavy (non-hydrogen) atoms. The zero-order valence-corrected chi connectivity index (χ0v) is 25.4. The highest BCUT2D eigenvalue weighted by Gasteiger charge is 2.38. The second-order valence-corrected chi connectivity index (χ2v) is 12.4. The van der Waals surface area contributed by atoms with Gasteiger partial charge in [-0.25, -0.2) is 13.2 Å². The molecular formula is C33H29ClN2O6S. The summed E-state index contributed by atoms with van der Waals surface area (Å²) in [7, 11) is -2.65. The van der Waals surface area contributed by atoms with Gasteiger partial charge in [0.2, 0.25) is 10.0 Å². The lowest BCUT2D eigenvalue weighted by Crippen LogP contribution is -2.30. The van der Waals surface area contributed by atoms with E-state index in [9.17, 15) is 18.0 Å². The number of carbonyl (C=O) groups excluding carboxylic acids is 2. The van der Waals surface area contributed by atoms with Crippen molar-refractivity contribution in [2.75, 3.05) is 12.0 Å². The molecule has 0 saturated carbocycles. The first-order chi connectivity index (χ1) is 20.6. The molecule has 0 radical (unpaired) electrons. The summed E-state index contributed by atoms with van der Waals surface area (Å²) in [4.78, 5) is 27.9. The van der Waals surface area contributed by atoms with Crippen molar-refractivity contribution in [3.05, 3.63) is 136 Å². The van der Waals surface area contributed by atoms with Crippen LogP contribution < -0.4 is 4.90 Å². The van der Waals surface area contributed by atoms with Crippen molar-refractivity contribution in [1.29, 1.82) is 0 Å². The van der Waals surface area contributed by atoms with E-state index in [1.165, 1.54) is 22.4 Å². The van der Waals surface area contributed by atoms with Crippen LogP contribution in [0.25, 0.3) is 6.08 Å². The van der Waals surface area contributed by atoms with Crippen molar-refractivity contribution < 1.29 is 27.2 Å². The molecule has 0 saturated heterocycles. The van der Waals surface area contributed by atoms with Crippen molar-refractivity contribution in [3.8, 4) is 0 Å². The van der Waals surface area contributed by atoms with Crippen LogP contribution in [0.5, 0.6) is 0 Å². The van der Waals surface area contributed by atoms with E-state index in [1.54, 1.807) is 67.6 Å². The Morgan fingerprint density at radius 2 is 1.67 bits per heavy atom. The second kappa shape index (κ2) is 12.4. The number of hydrogen-bond acceptors (Lipinski definition) is 6. The van der Waals surface area contributed by atoms with Gasteiger partial charge in [-0.2, -0.15) is 4.31 Å². The molecule has 0 bridgehead atoms. The molecule has 1 aromatic heterocycles. The van der Waals surface area contributed by atoms with E-state index in [0.717, 1.165) is 11.1 Å². The zero-order valence-electron chi connectivity index (χ0n) is 23.8. The number of esters is 1. The number of hydrogen-bond donors (Lipinski definition) is 0. The van der Waals surface area contributed by atoms with Crippen LogP contribution in [-0.2, 0) is 37.4 Å². The highest BCUT2D eigenvalue weighted by molar-refractivity contribution is 7.89. The van der Waals surface area contributed by atoms with E-state index in [2.05, 4.69) is 0 Å². The average molecular weight is 617 g/mol. The zero-order chi connectivity index (χ0) is 30.7. The number of methoxy groups -OCH3 is 1. The second-order valence-electron chi connectivity index (χ2n) is 10.0. The Morgan fingerprint density at radius 3 is 2.35 bits per heavy atom. The molecule has 0 spiro atoms. The Labute approximate surface area is 255 Å². The minimum Gasteiger partial charge on any atom is -0.465 e. The molecule has 220 valence electrons. The lowest BCUT2D eigenvalue weighted by molar-refractivity contribution is -0.136. The van der Waals surface area contributed by atoms with Gasteiger partial charge < -0.3 is 9.15 Å². The molecule has 0 N–H and O–H groups in total. The molecule has 5 rings (SSSR count). The quantitative estimate of drug-likeness (QED) is 0.157. The molecule has 0 unspecified atom stereocenters. The van der Waals surface area contributed by atoms with Crippen LogP contribution in [0.1, 0.15) is 29.6 Å². The smallest absolute Gasteiger partial charge is 0.340 e. The third kappa shape index (κ3) is 6.34. The third-order valence-corrected chi connectivity index (χ3v) is 9.06. The van der Waals surface area contributed by atoms with Crippen LogP contribution in [0.15, 0.2) is 117 Å². The summed E-state index contributed by atoms with van der Waals surface area (Å²) in [5.41, 5.74) is 2.82. The number of allylic oxidation sites excluding steroid dienone is 1. The normalized spacial score (nSPS) is 14.7. The number of rotatable bonds is 9. The molecule has 0 aliphatic carbocycles. The lowest BCUT2D eigenvalue weighted by atomic mass is 10.1. The first kappa shape index (κ1) is 30.0. The van der Waals surface area contributed by atoms with E-state index < -0.39 is 21.9 Å². The van der Waals surface area contributed by atoms with Gasteiger partial charge in [0, 0.05) is 17.3 Å². The van der Waals surface area contributed by atoms with E-state index in [4.69, 9.17) is 20.8 Å². The summed E-state index contributed by atoms with van der Waals surface area (Å²) in [6, 6.07) is 26.0. The van der Waals surface area contributed by atoms with Gasteiger partial charge in [0.1, 0.15) is 11.5 Å². The summed E-state index contributed by atoms with van der Waals surface area (Å²) < 4.78 is 39.8. The van der Waals surface area contributed by atoms with Gasteiger partial charge in [0.25, 0.3) is 5.91 Å². The van der Waals surface area contributed by atoms with Crippen molar-refractivity contribution in [2.24, 2.45) is 0 Å². The van der Waals surface area contributed by atoms with Gasteiger partial charge in [-0.3, -0.25) is 9.69 Å². The number of carbonyl (C=O) groups is 2. The predicted octanol–water partition coefficient (Wildman–Crippen LogP) is 6.51. The fraction of sp³-hybridized carbons (Fsp3) is 0.152. The van der Waals surface area contributed by atoms with Crippen LogP contribution in [0.2, 0.25) is 5.02 Å².